The van der Waals surface area contributed by atoms with Crippen LogP contribution in [0.2, 0.25) is 0 Å². The average Bonchev–Trinajstić information content (AvgIpc) is 2.67. The van der Waals surface area contributed by atoms with Crippen molar-refractivity contribution in [3.05, 3.63) is 47.3 Å². The molecule has 27 heavy (non-hydrogen) atoms. The van der Waals surface area contributed by atoms with Crippen molar-refractivity contribution in [3.63, 3.8) is 0 Å². The van der Waals surface area contributed by atoms with E-state index in [-0.39, 0.29) is 11.6 Å². The van der Waals surface area contributed by atoms with Crippen LogP contribution in [0.3, 0.4) is 0 Å². The molecule has 1 aliphatic rings. The van der Waals surface area contributed by atoms with E-state index >= 15 is 0 Å². The van der Waals surface area contributed by atoms with Gasteiger partial charge in [-0.05, 0) is 43.2 Å². The maximum absolute atomic E-state index is 13.5. The molecular weight excluding hydrogens is 351 g/mol. The third-order valence-electron chi connectivity index (χ3n) is 4.40. The number of hydrogen-bond donors (Lipinski definition) is 2. The second-order valence-corrected chi connectivity index (χ2v) is 6.22. The van der Waals surface area contributed by atoms with Crippen LogP contribution in [0.4, 0.5) is 10.1 Å². The first-order chi connectivity index (χ1) is 13.0. The normalized spacial score (nSPS) is 15.3. The van der Waals surface area contributed by atoms with Crippen molar-refractivity contribution in [3.8, 4) is 17.2 Å². The Kier molecular flexibility index (Phi) is 5.69. The number of carbonyl (C=O) groups is 1. The molecule has 2 N–H and O–H groups in total. The van der Waals surface area contributed by atoms with Gasteiger partial charge in [-0.25, -0.2) is 4.39 Å². The molecule has 0 bridgehead atoms. The van der Waals surface area contributed by atoms with E-state index in [0.717, 1.165) is 23.5 Å². The van der Waals surface area contributed by atoms with Gasteiger partial charge in [0, 0.05) is 12.6 Å². The lowest BCUT2D eigenvalue weighted by Gasteiger charge is -2.27. The summed E-state index contributed by atoms with van der Waals surface area (Å²) in [5.74, 6) is 0.882. The van der Waals surface area contributed by atoms with Crippen LogP contribution in [0.5, 0.6) is 17.2 Å². The summed E-state index contributed by atoms with van der Waals surface area (Å²) in [4.78, 5) is 12.6. The van der Waals surface area contributed by atoms with Crippen molar-refractivity contribution in [2.75, 3.05) is 32.7 Å². The van der Waals surface area contributed by atoms with Gasteiger partial charge in [-0.3, -0.25) is 4.79 Å². The Morgan fingerprint density at radius 1 is 1.22 bits per heavy atom. The van der Waals surface area contributed by atoms with Crippen molar-refractivity contribution in [1.29, 1.82) is 0 Å². The fraction of sp³-hybridized carbons (Fsp3) is 0.350. The molecule has 6 nitrogen and oxygen atoms in total. The van der Waals surface area contributed by atoms with E-state index in [4.69, 9.17) is 14.2 Å². The van der Waals surface area contributed by atoms with E-state index < -0.39 is 11.7 Å². The van der Waals surface area contributed by atoms with Gasteiger partial charge in [0.25, 0.3) is 5.91 Å². The summed E-state index contributed by atoms with van der Waals surface area (Å²) in [6.45, 7) is 3.08. The molecule has 0 saturated carbocycles. The molecule has 1 aliphatic heterocycles. The van der Waals surface area contributed by atoms with Crippen molar-refractivity contribution in [1.82, 2.24) is 5.32 Å². The zero-order valence-corrected chi connectivity index (χ0v) is 15.6. The van der Waals surface area contributed by atoms with E-state index in [9.17, 15) is 9.18 Å². The van der Waals surface area contributed by atoms with E-state index in [2.05, 4.69) is 10.6 Å². The highest BCUT2D eigenvalue weighted by molar-refractivity contribution is 5.97. The van der Waals surface area contributed by atoms with Gasteiger partial charge in [0.05, 0.1) is 31.5 Å². The molecule has 2 aromatic carbocycles. The van der Waals surface area contributed by atoms with Crippen LogP contribution in [-0.4, -0.2) is 39.3 Å². The van der Waals surface area contributed by atoms with Crippen LogP contribution in [0, 0.1) is 5.82 Å². The first kappa shape index (κ1) is 18.8. The maximum atomic E-state index is 13.5. The predicted octanol–water partition coefficient (Wildman–Crippen LogP) is 3.01. The quantitative estimate of drug-likeness (QED) is 0.814. The molecule has 0 radical (unpaired) electrons. The summed E-state index contributed by atoms with van der Waals surface area (Å²) < 4.78 is 29.9. The summed E-state index contributed by atoms with van der Waals surface area (Å²) in [5.41, 5.74) is 2.00. The highest BCUT2D eigenvalue weighted by atomic mass is 19.1. The molecule has 1 heterocycles. The van der Waals surface area contributed by atoms with Crippen molar-refractivity contribution < 1.29 is 23.4 Å². The molecule has 2 aromatic rings. The van der Waals surface area contributed by atoms with Gasteiger partial charge in [-0.1, -0.05) is 0 Å². The number of ether oxygens (including phenoxy) is 3. The number of amides is 1. The number of fused-ring (bicyclic) bond motifs is 1. The Labute approximate surface area is 157 Å². The summed E-state index contributed by atoms with van der Waals surface area (Å²) in [7, 11) is 3.06. The predicted molar refractivity (Wildman–Crippen MR) is 101 cm³/mol. The topological polar surface area (TPSA) is 68.8 Å². The Balaban J connectivity index is 1.77. The number of benzene rings is 2. The first-order valence-corrected chi connectivity index (χ1v) is 8.77. The minimum absolute atomic E-state index is 0.159. The molecule has 1 atom stereocenters. The maximum Gasteiger partial charge on any atom is 0.255 e. The van der Waals surface area contributed by atoms with Crippen LogP contribution in [-0.2, 0) is 6.42 Å². The second kappa shape index (κ2) is 8.16. The fourth-order valence-electron chi connectivity index (χ4n) is 3.13. The monoisotopic (exact) mass is 374 g/mol. The molecule has 0 fully saturated rings. The number of anilines is 1. The Hall–Kier alpha value is -2.96. The van der Waals surface area contributed by atoms with Gasteiger partial charge in [0.2, 0.25) is 0 Å². The fourth-order valence-corrected chi connectivity index (χ4v) is 3.13. The molecule has 3 rings (SSSR count). The first-order valence-electron chi connectivity index (χ1n) is 8.77. The van der Waals surface area contributed by atoms with Crippen molar-refractivity contribution in [2.24, 2.45) is 0 Å². The Morgan fingerprint density at radius 2 is 2.00 bits per heavy atom. The lowest BCUT2D eigenvalue weighted by atomic mass is 10.0. The zero-order valence-electron chi connectivity index (χ0n) is 15.6. The number of halogens is 1. The van der Waals surface area contributed by atoms with Gasteiger partial charge in [0.15, 0.2) is 0 Å². The van der Waals surface area contributed by atoms with Crippen LogP contribution in [0.25, 0.3) is 0 Å². The van der Waals surface area contributed by atoms with E-state index in [1.807, 2.05) is 19.1 Å². The average molecular weight is 374 g/mol. The molecule has 0 aliphatic carbocycles. The number of methoxy groups -OCH3 is 2. The van der Waals surface area contributed by atoms with Crippen LogP contribution in [0.15, 0.2) is 30.3 Å². The Bertz CT molecular complexity index is 841. The van der Waals surface area contributed by atoms with Crippen LogP contribution in [0.1, 0.15) is 22.8 Å². The standard InChI is InChI=1S/C20H23FN2O4/c1-4-22-16-8-12-7-14(11-27-18(12)10-19(16)26-3)23-20(24)15-9-13(21)5-6-17(15)25-2/h5-6,8-10,14,22H,4,7,11H2,1-3H3,(H,23,24). The molecule has 1 amide bonds. The molecule has 0 saturated heterocycles. The molecular formula is C20H23FN2O4. The van der Waals surface area contributed by atoms with Gasteiger partial charge >= 0.3 is 0 Å². The number of nitrogens with one attached hydrogen (secondary N) is 2. The van der Waals surface area contributed by atoms with Gasteiger partial charge in [-0.2, -0.15) is 0 Å². The lowest BCUT2D eigenvalue weighted by Crippen LogP contribution is -2.42. The minimum atomic E-state index is -0.492. The number of hydrogen-bond acceptors (Lipinski definition) is 5. The van der Waals surface area contributed by atoms with Crippen LogP contribution < -0.4 is 24.8 Å². The third kappa shape index (κ3) is 4.07. The smallest absolute Gasteiger partial charge is 0.255 e. The molecule has 1 unspecified atom stereocenters. The van der Waals surface area contributed by atoms with Crippen molar-refractivity contribution in [2.45, 2.75) is 19.4 Å². The van der Waals surface area contributed by atoms with E-state index in [1.54, 1.807) is 7.11 Å². The minimum Gasteiger partial charge on any atom is -0.496 e. The number of rotatable bonds is 6. The number of carbonyl (C=O) groups excluding carboxylic acids is 1. The lowest BCUT2D eigenvalue weighted by molar-refractivity contribution is 0.0911. The highest BCUT2D eigenvalue weighted by Crippen LogP contribution is 2.35. The molecule has 144 valence electrons. The SMILES string of the molecule is CCNc1cc2c(cc1OC)OCC(NC(=O)c1cc(F)ccc1OC)C2. The third-order valence-corrected chi connectivity index (χ3v) is 4.40. The summed E-state index contributed by atoms with van der Waals surface area (Å²) >= 11 is 0. The van der Waals surface area contributed by atoms with Crippen molar-refractivity contribution >= 4 is 11.6 Å². The van der Waals surface area contributed by atoms with Gasteiger partial charge in [0.1, 0.15) is 29.7 Å². The van der Waals surface area contributed by atoms with Gasteiger partial charge < -0.3 is 24.8 Å². The summed E-state index contributed by atoms with van der Waals surface area (Å²) in [6.07, 6.45) is 0.598. The van der Waals surface area contributed by atoms with Crippen LogP contribution >= 0.6 is 0 Å². The molecule has 0 aromatic heterocycles. The molecule has 0 spiro atoms. The van der Waals surface area contributed by atoms with Gasteiger partial charge in [-0.15, -0.1) is 0 Å². The second-order valence-electron chi connectivity index (χ2n) is 6.22. The molecule has 7 heteroatoms. The zero-order chi connectivity index (χ0) is 19.4. The summed E-state index contributed by atoms with van der Waals surface area (Å²) in [5, 5.41) is 6.15. The summed E-state index contributed by atoms with van der Waals surface area (Å²) in [6, 6.07) is 7.44. The largest absolute Gasteiger partial charge is 0.496 e. The van der Waals surface area contributed by atoms with E-state index in [0.29, 0.717) is 24.5 Å². The Morgan fingerprint density at radius 3 is 2.70 bits per heavy atom. The van der Waals surface area contributed by atoms with E-state index in [1.165, 1.54) is 25.3 Å². The highest BCUT2D eigenvalue weighted by Gasteiger charge is 2.25.